The highest BCUT2D eigenvalue weighted by molar-refractivity contribution is 5.98. The molecule has 0 bridgehead atoms. The molecule has 1 aromatic rings. The number of aromatic nitrogens is 1. The third-order valence-corrected chi connectivity index (χ3v) is 3.12. The number of carbonyl (C=O) groups is 2. The fourth-order valence-electron chi connectivity index (χ4n) is 2.04. The first-order valence-corrected chi connectivity index (χ1v) is 6.47. The molecule has 7 heteroatoms. The zero-order valence-electron chi connectivity index (χ0n) is 11.3. The Labute approximate surface area is 117 Å². The molecule has 1 saturated heterocycles. The van der Waals surface area contributed by atoms with Crippen molar-refractivity contribution in [2.45, 2.75) is 13.0 Å². The minimum Gasteiger partial charge on any atom is -0.378 e. The Bertz CT molecular complexity index is 500. The van der Waals surface area contributed by atoms with Crippen molar-refractivity contribution in [1.82, 2.24) is 9.88 Å². The van der Waals surface area contributed by atoms with Crippen molar-refractivity contribution >= 4 is 17.6 Å². The van der Waals surface area contributed by atoms with Gasteiger partial charge in [0.25, 0.3) is 5.91 Å². The van der Waals surface area contributed by atoms with Gasteiger partial charge < -0.3 is 20.7 Å². The Hall–Kier alpha value is -2.15. The van der Waals surface area contributed by atoms with Gasteiger partial charge in [0.05, 0.1) is 18.8 Å². The van der Waals surface area contributed by atoms with E-state index in [0.717, 1.165) is 0 Å². The summed E-state index contributed by atoms with van der Waals surface area (Å²) < 4.78 is 5.21. The van der Waals surface area contributed by atoms with Gasteiger partial charge in [-0.3, -0.25) is 9.59 Å². The summed E-state index contributed by atoms with van der Waals surface area (Å²) in [7, 11) is 0. The highest BCUT2D eigenvalue weighted by Crippen LogP contribution is 2.13. The second-order valence-electron chi connectivity index (χ2n) is 4.57. The quantitative estimate of drug-likeness (QED) is 0.797. The van der Waals surface area contributed by atoms with E-state index in [4.69, 9.17) is 10.5 Å². The first-order chi connectivity index (χ1) is 9.59. The van der Waals surface area contributed by atoms with Crippen LogP contribution in [0.3, 0.4) is 0 Å². The molecule has 1 atom stereocenters. The van der Waals surface area contributed by atoms with Gasteiger partial charge in [-0.05, 0) is 19.1 Å². The highest BCUT2D eigenvalue weighted by atomic mass is 16.5. The summed E-state index contributed by atoms with van der Waals surface area (Å²) in [4.78, 5) is 29.3. The van der Waals surface area contributed by atoms with Crippen molar-refractivity contribution in [2.24, 2.45) is 5.73 Å². The van der Waals surface area contributed by atoms with E-state index in [1.165, 1.54) is 0 Å². The van der Waals surface area contributed by atoms with Crippen LogP contribution in [0.25, 0.3) is 0 Å². The fourth-order valence-corrected chi connectivity index (χ4v) is 2.04. The summed E-state index contributed by atoms with van der Waals surface area (Å²) in [6.45, 7) is 3.99. The fraction of sp³-hybridized carbons (Fsp3) is 0.462. The maximum atomic E-state index is 12.2. The van der Waals surface area contributed by atoms with Gasteiger partial charge >= 0.3 is 0 Å². The van der Waals surface area contributed by atoms with Gasteiger partial charge in [-0.2, -0.15) is 0 Å². The van der Waals surface area contributed by atoms with Crippen molar-refractivity contribution < 1.29 is 14.3 Å². The topological polar surface area (TPSA) is 97.5 Å². The number of hydrogen-bond acceptors (Lipinski definition) is 5. The summed E-state index contributed by atoms with van der Waals surface area (Å²) >= 11 is 0. The summed E-state index contributed by atoms with van der Waals surface area (Å²) in [5, 5.41) is 2.94. The lowest BCUT2D eigenvalue weighted by molar-refractivity contribution is -0.135. The molecule has 0 saturated carbocycles. The van der Waals surface area contributed by atoms with Gasteiger partial charge in [0.2, 0.25) is 5.91 Å². The number of amides is 2. The van der Waals surface area contributed by atoms with E-state index in [1.807, 2.05) is 0 Å². The third kappa shape index (κ3) is 3.24. The number of carbonyl (C=O) groups excluding carboxylic acids is 2. The number of primary amides is 1. The maximum Gasteiger partial charge on any atom is 0.252 e. The van der Waals surface area contributed by atoms with Crippen molar-refractivity contribution in [3.63, 3.8) is 0 Å². The number of ether oxygens (including phenoxy) is 1. The molecule has 2 rings (SSSR count). The van der Waals surface area contributed by atoms with E-state index in [1.54, 1.807) is 30.2 Å². The van der Waals surface area contributed by atoms with Crippen molar-refractivity contribution in [3.8, 4) is 0 Å². The molecule has 1 fully saturated rings. The van der Waals surface area contributed by atoms with Gasteiger partial charge in [0.15, 0.2) is 0 Å². The number of anilines is 1. The number of nitrogens with zero attached hydrogens (tertiary/aromatic N) is 2. The zero-order chi connectivity index (χ0) is 14.5. The van der Waals surface area contributed by atoms with Gasteiger partial charge in [-0.15, -0.1) is 0 Å². The molecule has 1 aliphatic heterocycles. The van der Waals surface area contributed by atoms with E-state index in [-0.39, 0.29) is 11.5 Å². The van der Waals surface area contributed by atoms with Crippen LogP contribution in [-0.4, -0.2) is 54.0 Å². The van der Waals surface area contributed by atoms with Crippen LogP contribution in [0.15, 0.2) is 18.3 Å². The Kier molecular flexibility index (Phi) is 4.52. The Morgan fingerprint density at radius 3 is 2.80 bits per heavy atom. The molecule has 1 aromatic heterocycles. The zero-order valence-corrected chi connectivity index (χ0v) is 11.3. The molecular weight excluding hydrogens is 260 g/mol. The Morgan fingerprint density at radius 1 is 1.45 bits per heavy atom. The van der Waals surface area contributed by atoms with Crippen LogP contribution in [0.2, 0.25) is 0 Å². The number of morpholine rings is 1. The molecule has 2 amide bonds. The summed E-state index contributed by atoms with van der Waals surface area (Å²) in [6.07, 6.45) is 1.54. The Balaban J connectivity index is 2.05. The van der Waals surface area contributed by atoms with Crippen LogP contribution >= 0.6 is 0 Å². The monoisotopic (exact) mass is 278 g/mol. The van der Waals surface area contributed by atoms with E-state index in [0.29, 0.717) is 32.1 Å². The van der Waals surface area contributed by atoms with Gasteiger partial charge in [-0.25, -0.2) is 4.98 Å². The molecule has 1 unspecified atom stereocenters. The van der Waals surface area contributed by atoms with Crippen LogP contribution in [0.1, 0.15) is 17.3 Å². The minimum absolute atomic E-state index is 0.0469. The van der Waals surface area contributed by atoms with Crippen molar-refractivity contribution in [1.29, 1.82) is 0 Å². The third-order valence-electron chi connectivity index (χ3n) is 3.12. The normalized spacial score (nSPS) is 16.6. The van der Waals surface area contributed by atoms with Crippen LogP contribution in [-0.2, 0) is 9.53 Å². The predicted molar refractivity (Wildman–Crippen MR) is 73.2 cm³/mol. The van der Waals surface area contributed by atoms with Crippen molar-refractivity contribution in [3.05, 3.63) is 23.9 Å². The van der Waals surface area contributed by atoms with E-state index >= 15 is 0 Å². The molecule has 0 aliphatic carbocycles. The van der Waals surface area contributed by atoms with Crippen LogP contribution in [0.4, 0.5) is 5.82 Å². The summed E-state index contributed by atoms with van der Waals surface area (Å²) in [5.41, 5.74) is 5.55. The lowest BCUT2D eigenvalue weighted by Crippen LogP contribution is -2.47. The number of rotatable bonds is 4. The minimum atomic E-state index is -0.577. The van der Waals surface area contributed by atoms with Crippen LogP contribution in [0, 0.1) is 0 Å². The molecule has 0 spiro atoms. The largest absolute Gasteiger partial charge is 0.378 e. The number of nitrogens with two attached hydrogens (primary N) is 1. The summed E-state index contributed by atoms with van der Waals surface area (Å²) in [5.74, 6) is -0.296. The molecule has 1 aliphatic rings. The lowest BCUT2D eigenvalue weighted by atomic mass is 10.2. The maximum absolute atomic E-state index is 12.2. The molecule has 20 heavy (non-hydrogen) atoms. The van der Waals surface area contributed by atoms with Gasteiger partial charge in [-0.1, -0.05) is 0 Å². The number of pyridine rings is 1. The van der Waals surface area contributed by atoms with Crippen molar-refractivity contribution in [2.75, 3.05) is 31.6 Å². The highest BCUT2D eigenvalue weighted by Gasteiger charge is 2.23. The first-order valence-electron chi connectivity index (χ1n) is 6.47. The second-order valence-corrected chi connectivity index (χ2v) is 4.57. The average Bonchev–Trinajstić information content (AvgIpc) is 2.47. The lowest BCUT2D eigenvalue weighted by Gasteiger charge is -2.29. The first kappa shape index (κ1) is 14.3. The predicted octanol–water partition coefficient (Wildman–Crippen LogP) is -0.160. The summed E-state index contributed by atoms with van der Waals surface area (Å²) in [6, 6.07) is 2.71. The van der Waals surface area contributed by atoms with E-state index < -0.39 is 11.9 Å². The number of hydrogen-bond donors (Lipinski definition) is 2. The molecule has 0 radical (unpaired) electrons. The molecule has 3 N–H and O–H groups in total. The average molecular weight is 278 g/mol. The molecule has 0 aromatic carbocycles. The van der Waals surface area contributed by atoms with Crippen LogP contribution in [0.5, 0.6) is 0 Å². The molecule has 108 valence electrons. The standard InChI is InChI=1S/C13H18N4O3/c1-9(13(19)17-5-7-20-8-6-17)16-12-10(11(14)18)3-2-4-15-12/h2-4,9H,5-8H2,1H3,(H2,14,18)(H,15,16). The SMILES string of the molecule is CC(Nc1ncccc1C(N)=O)C(=O)N1CCOCC1. The number of nitrogens with one attached hydrogen (secondary N) is 1. The molecule has 7 nitrogen and oxygen atoms in total. The van der Waals surface area contributed by atoms with Crippen LogP contribution < -0.4 is 11.1 Å². The second kappa shape index (κ2) is 6.33. The molecule has 2 heterocycles. The van der Waals surface area contributed by atoms with Gasteiger partial charge in [0.1, 0.15) is 11.9 Å². The van der Waals surface area contributed by atoms with E-state index in [2.05, 4.69) is 10.3 Å². The van der Waals surface area contributed by atoms with E-state index in [9.17, 15) is 9.59 Å². The Morgan fingerprint density at radius 2 is 2.15 bits per heavy atom. The molecular formula is C13H18N4O3. The van der Waals surface area contributed by atoms with Gasteiger partial charge in [0, 0.05) is 19.3 Å². The smallest absolute Gasteiger partial charge is 0.252 e.